The lowest BCUT2D eigenvalue weighted by molar-refractivity contribution is -0.150. The molecule has 0 bridgehead atoms. The van der Waals surface area contributed by atoms with Crippen LogP contribution in [0.25, 0.3) is 0 Å². The monoisotopic (exact) mass is 510 g/mol. The van der Waals surface area contributed by atoms with E-state index in [1.54, 1.807) is 13.2 Å². The van der Waals surface area contributed by atoms with Crippen LogP contribution in [0.2, 0.25) is 0 Å². The van der Waals surface area contributed by atoms with E-state index in [0.717, 1.165) is 17.0 Å². The highest BCUT2D eigenvalue weighted by Crippen LogP contribution is 2.43. The van der Waals surface area contributed by atoms with Gasteiger partial charge in [0.25, 0.3) is 11.8 Å². The zero-order valence-corrected chi connectivity index (χ0v) is 19.5. The van der Waals surface area contributed by atoms with E-state index in [9.17, 15) is 24.7 Å². The number of thioether (sulfide) groups is 2. The number of thiazole rings is 1. The Labute approximate surface area is 199 Å². The molecule has 4 heterocycles. The number of carbonyl (C=O) groups is 3. The highest BCUT2D eigenvalue weighted by molar-refractivity contribution is 8.06. The predicted molar refractivity (Wildman–Crippen MR) is 122 cm³/mol. The van der Waals surface area contributed by atoms with Crippen LogP contribution in [0.4, 0.5) is 5.13 Å². The second-order valence-corrected chi connectivity index (χ2v) is 10.1. The normalized spacial score (nSPS) is 20.5. The number of aliphatic carboxylic acids is 1. The molecule has 12 nitrogen and oxygen atoms in total. The van der Waals surface area contributed by atoms with Crippen LogP contribution in [0, 0.1) is 6.92 Å². The standard InChI is InChI=1S/C18H18N6O6S3/c1-7-20-8(4-30-7)2-3-31-10-6-32-16-12(15(26)24(16)13(10)17(27)28)22-14(25)11(23-29)9-5-33-18(19)21-9/h4-5,12,16,29H,2-3,6H2,1H3,(H2,19,21)(H,22,25)(H,27,28)/b23-11-/t12-,16-/m1/s1. The zero-order chi connectivity index (χ0) is 23.7. The molecule has 2 aromatic heterocycles. The van der Waals surface area contributed by atoms with Crippen molar-refractivity contribution in [3.63, 3.8) is 0 Å². The SMILES string of the molecule is Cc1nc(CCSC2=C(C(=O)O)N3C(=O)[C@@H](NC(=O)/C(=N\O)c4csc(N)n4)[C@H]3SC2)co1. The Morgan fingerprint density at radius 1 is 1.45 bits per heavy atom. The molecule has 0 radical (unpaired) electrons. The van der Waals surface area contributed by atoms with Crippen molar-refractivity contribution in [3.8, 4) is 0 Å². The summed E-state index contributed by atoms with van der Waals surface area (Å²) < 4.78 is 5.17. The molecule has 0 aliphatic carbocycles. The average molecular weight is 511 g/mol. The fourth-order valence-electron chi connectivity index (χ4n) is 3.32. The van der Waals surface area contributed by atoms with Gasteiger partial charge in [-0.1, -0.05) is 5.16 Å². The minimum atomic E-state index is -1.21. The topological polar surface area (TPSA) is 184 Å². The first kappa shape index (κ1) is 23.1. The molecule has 2 aliphatic heterocycles. The molecule has 2 atom stereocenters. The highest BCUT2D eigenvalue weighted by Gasteiger charge is 2.54. The number of oxime groups is 1. The largest absolute Gasteiger partial charge is 0.477 e. The van der Waals surface area contributed by atoms with Gasteiger partial charge >= 0.3 is 5.97 Å². The third-order valence-corrected chi connectivity index (χ3v) is 8.03. The van der Waals surface area contributed by atoms with Gasteiger partial charge in [0.15, 0.2) is 16.7 Å². The van der Waals surface area contributed by atoms with Crippen LogP contribution in [0.1, 0.15) is 17.3 Å². The molecule has 0 aromatic carbocycles. The molecule has 174 valence electrons. The van der Waals surface area contributed by atoms with Gasteiger partial charge in [-0.2, -0.15) is 0 Å². The number of nitrogens with one attached hydrogen (secondary N) is 1. The molecule has 2 amide bonds. The predicted octanol–water partition coefficient (Wildman–Crippen LogP) is 0.872. The van der Waals surface area contributed by atoms with Crippen molar-refractivity contribution >= 4 is 63.5 Å². The minimum Gasteiger partial charge on any atom is -0.477 e. The van der Waals surface area contributed by atoms with Gasteiger partial charge in [0.1, 0.15) is 29.1 Å². The Morgan fingerprint density at radius 2 is 2.24 bits per heavy atom. The number of nitrogens with two attached hydrogens (primary N) is 1. The number of aromatic nitrogens is 2. The number of oxazole rings is 1. The van der Waals surface area contributed by atoms with E-state index in [1.165, 1.54) is 33.8 Å². The van der Waals surface area contributed by atoms with Crippen LogP contribution < -0.4 is 11.1 Å². The van der Waals surface area contributed by atoms with Crippen molar-refractivity contribution in [2.24, 2.45) is 5.16 Å². The number of carboxylic acid groups (broad SMARTS) is 1. The molecular weight excluding hydrogens is 492 g/mol. The molecule has 5 N–H and O–H groups in total. The molecule has 33 heavy (non-hydrogen) atoms. The van der Waals surface area contributed by atoms with Crippen LogP contribution >= 0.6 is 34.9 Å². The summed E-state index contributed by atoms with van der Waals surface area (Å²) in [6.07, 6.45) is 2.15. The maximum Gasteiger partial charge on any atom is 0.353 e. The maximum atomic E-state index is 12.8. The number of β-lactam (4-membered cyclic amide) rings is 1. The summed E-state index contributed by atoms with van der Waals surface area (Å²) in [5.74, 6) is -1.09. The lowest BCUT2D eigenvalue weighted by Crippen LogP contribution is -2.71. The van der Waals surface area contributed by atoms with E-state index in [-0.39, 0.29) is 22.2 Å². The lowest BCUT2D eigenvalue weighted by atomic mass is 10.0. The molecule has 0 spiro atoms. The first-order chi connectivity index (χ1) is 15.8. The fourth-order valence-corrected chi connectivity index (χ4v) is 6.48. The lowest BCUT2D eigenvalue weighted by Gasteiger charge is -2.49. The van der Waals surface area contributed by atoms with Gasteiger partial charge in [0.2, 0.25) is 0 Å². The molecule has 0 saturated carbocycles. The number of amides is 2. The number of hydrogen-bond donors (Lipinski definition) is 4. The molecule has 0 unspecified atom stereocenters. The third kappa shape index (κ3) is 4.56. The van der Waals surface area contributed by atoms with E-state index < -0.39 is 29.2 Å². The van der Waals surface area contributed by atoms with Crippen molar-refractivity contribution in [3.05, 3.63) is 39.5 Å². The van der Waals surface area contributed by atoms with E-state index in [1.807, 2.05) is 0 Å². The van der Waals surface area contributed by atoms with E-state index >= 15 is 0 Å². The van der Waals surface area contributed by atoms with Gasteiger partial charge in [-0.3, -0.25) is 14.5 Å². The summed E-state index contributed by atoms with van der Waals surface area (Å²) in [4.78, 5) is 47.1. The fraction of sp³-hybridized carbons (Fsp3) is 0.333. The van der Waals surface area contributed by atoms with E-state index in [0.29, 0.717) is 28.7 Å². The van der Waals surface area contributed by atoms with Gasteiger partial charge in [-0.15, -0.1) is 34.9 Å². The van der Waals surface area contributed by atoms with Crippen molar-refractivity contribution in [1.82, 2.24) is 20.2 Å². The number of hydrogen-bond acceptors (Lipinski definition) is 12. The van der Waals surface area contributed by atoms with Gasteiger partial charge in [0.05, 0.1) is 5.69 Å². The number of aryl methyl sites for hydroxylation is 2. The quantitative estimate of drug-likeness (QED) is 0.171. The Hall–Kier alpha value is -3.04. The smallest absolute Gasteiger partial charge is 0.353 e. The van der Waals surface area contributed by atoms with Gasteiger partial charge in [-0.05, 0) is 0 Å². The summed E-state index contributed by atoms with van der Waals surface area (Å²) in [6, 6.07) is -0.964. The van der Waals surface area contributed by atoms with Crippen LogP contribution in [0.3, 0.4) is 0 Å². The number of carbonyl (C=O) groups excluding carboxylic acids is 2. The first-order valence-corrected chi connectivity index (χ1v) is 12.4. The molecule has 1 fully saturated rings. The van der Waals surface area contributed by atoms with E-state index in [4.69, 9.17) is 10.2 Å². The van der Waals surface area contributed by atoms with Crippen molar-refractivity contribution in [1.29, 1.82) is 0 Å². The summed E-state index contributed by atoms with van der Waals surface area (Å²) in [5, 5.41) is 25.5. The number of rotatable bonds is 8. The third-order valence-electron chi connectivity index (χ3n) is 4.80. The summed E-state index contributed by atoms with van der Waals surface area (Å²) in [7, 11) is 0. The van der Waals surface area contributed by atoms with Crippen LogP contribution in [-0.2, 0) is 20.8 Å². The Kier molecular flexibility index (Phi) is 6.62. The molecule has 15 heteroatoms. The van der Waals surface area contributed by atoms with Crippen molar-refractivity contribution < 1.29 is 29.1 Å². The van der Waals surface area contributed by atoms with Crippen molar-refractivity contribution in [2.75, 3.05) is 17.2 Å². The zero-order valence-electron chi connectivity index (χ0n) is 17.0. The first-order valence-electron chi connectivity index (χ1n) is 9.49. The Morgan fingerprint density at radius 3 is 2.85 bits per heavy atom. The number of fused-ring (bicyclic) bond motifs is 1. The molecule has 2 aliphatic rings. The van der Waals surface area contributed by atoms with Crippen LogP contribution in [0.5, 0.6) is 0 Å². The molecule has 2 aromatic rings. The summed E-state index contributed by atoms with van der Waals surface area (Å²) in [5.41, 5.74) is 5.92. The minimum absolute atomic E-state index is 0.0736. The van der Waals surface area contributed by atoms with E-state index in [2.05, 4.69) is 20.4 Å². The molecule has 4 rings (SSSR count). The van der Waals surface area contributed by atoms with Gasteiger partial charge in [-0.25, -0.2) is 14.8 Å². The van der Waals surface area contributed by atoms with Gasteiger partial charge in [0, 0.05) is 35.1 Å². The Bertz CT molecular complexity index is 1170. The number of nitrogen functional groups attached to an aromatic ring is 1. The summed E-state index contributed by atoms with van der Waals surface area (Å²) in [6.45, 7) is 1.74. The average Bonchev–Trinajstić information content (AvgIpc) is 3.39. The van der Waals surface area contributed by atoms with Crippen LogP contribution in [0.15, 0.2) is 31.8 Å². The second-order valence-electron chi connectivity index (χ2n) is 6.91. The number of nitrogens with zero attached hydrogens (tertiary/aromatic N) is 4. The van der Waals surface area contributed by atoms with Crippen molar-refractivity contribution in [2.45, 2.75) is 24.8 Å². The molecule has 1 saturated heterocycles. The van der Waals surface area contributed by atoms with Gasteiger partial charge < -0.3 is 25.8 Å². The maximum absolute atomic E-state index is 12.8. The van der Waals surface area contributed by atoms with Crippen LogP contribution in [-0.4, -0.2) is 71.6 Å². The highest BCUT2D eigenvalue weighted by atomic mass is 32.2. The Balaban J connectivity index is 1.43. The summed E-state index contributed by atoms with van der Waals surface area (Å²) >= 11 is 3.76. The second kappa shape index (κ2) is 9.44. The molecular formula is C18H18N6O6S3. The number of anilines is 1. The number of carboxylic acids is 1.